The highest BCUT2D eigenvalue weighted by atomic mass is 16.2. The zero-order chi connectivity index (χ0) is 16.5. The molecule has 0 spiro atoms. The monoisotopic (exact) mass is 326 g/mol. The van der Waals surface area contributed by atoms with Crippen LogP contribution in [0.1, 0.15) is 55.3 Å². The van der Waals surface area contributed by atoms with Crippen LogP contribution in [0.15, 0.2) is 30.3 Å². The van der Waals surface area contributed by atoms with E-state index in [2.05, 4.69) is 0 Å². The molecule has 0 bridgehead atoms. The van der Waals surface area contributed by atoms with Crippen molar-refractivity contribution >= 4 is 11.8 Å². The summed E-state index contributed by atoms with van der Waals surface area (Å²) in [6, 6.07) is 9.48. The quantitative estimate of drug-likeness (QED) is 0.838. The minimum absolute atomic E-state index is 0.0440. The van der Waals surface area contributed by atoms with Crippen molar-refractivity contribution < 1.29 is 9.59 Å². The maximum atomic E-state index is 13.2. The third-order valence-electron chi connectivity index (χ3n) is 6.05. The minimum atomic E-state index is -0.246. The van der Waals surface area contributed by atoms with Gasteiger partial charge in [0, 0.05) is 24.7 Å². The first-order valence-electron chi connectivity index (χ1n) is 9.42. The zero-order valence-electron chi connectivity index (χ0n) is 14.2. The van der Waals surface area contributed by atoms with Crippen LogP contribution < -0.4 is 0 Å². The van der Waals surface area contributed by atoms with Gasteiger partial charge in [-0.3, -0.25) is 9.59 Å². The van der Waals surface area contributed by atoms with Gasteiger partial charge in [0.15, 0.2) is 0 Å². The number of carbonyl (C=O) groups excluding carboxylic acids is 2. The molecule has 1 aromatic rings. The molecule has 128 valence electrons. The van der Waals surface area contributed by atoms with E-state index < -0.39 is 0 Å². The summed E-state index contributed by atoms with van der Waals surface area (Å²) in [7, 11) is 0. The Morgan fingerprint density at radius 2 is 1.62 bits per heavy atom. The highest BCUT2D eigenvalue weighted by Crippen LogP contribution is 2.41. The number of nitrogens with zero attached hydrogens (tertiary/aromatic N) is 2. The zero-order valence-corrected chi connectivity index (χ0v) is 14.2. The van der Waals surface area contributed by atoms with Crippen molar-refractivity contribution in [2.75, 3.05) is 13.1 Å². The topological polar surface area (TPSA) is 40.6 Å². The predicted octanol–water partition coefficient (Wildman–Crippen LogP) is 3.08. The van der Waals surface area contributed by atoms with Crippen LogP contribution >= 0.6 is 0 Å². The Labute approximate surface area is 143 Å². The summed E-state index contributed by atoms with van der Waals surface area (Å²) >= 11 is 0. The lowest BCUT2D eigenvalue weighted by Gasteiger charge is -2.34. The van der Waals surface area contributed by atoms with Gasteiger partial charge < -0.3 is 9.80 Å². The second-order valence-corrected chi connectivity index (χ2v) is 7.47. The van der Waals surface area contributed by atoms with Crippen LogP contribution in [-0.4, -0.2) is 46.8 Å². The number of benzene rings is 1. The van der Waals surface area contributed by atoms with E-state index in [1.165, 1.54) is 12.8 Å². The lowest BCUT2D eigenvalue weighted by Crippen LogP contribution is -2.50. The normalized spacial score (nSPS) is 29.6. The van der Waals surface area contributed by atoms with Gasteiger partial charge in [-0.1, -0.05) is 31.0 Å². The number of amides is 2. The summed E-state index contributed by atoms with van der Waals surface area (Å²) in [6.45, 7) is 1.72. The summed E-state index contributed by atoms with van der Waals surface area (Å²) in [4.78, 5) is 30.2. The third-order valence-corrected chi connectivity index (χ3v) is 6.05. The molecule has 4 heteroatoms. The largest absolute Gasteiger partial charge is 0.341 e. The van der Waals surface area contributed by atoms with Crippen LogP contribution in [0, 0.1) is 5.92 Å². The van der Waals surface area contributed by atoms with E-state index in [-0.39, 0.29) is 23.9 Å². The molecule has 0 N–H and O–H groups in total. The minimum Gasteiger partial charge on any atom is -0.341 e. The fourth-order valence-corrected chi connectivity index (χ4v) is 4.85. The van der Waals surface area contributed by atoms with Crippen LogP contribution in [0.25, 0.3) is 0 Å². The molecule has 1 aliphatic carbocycles. The first-order valence-corrected chi connectivity index (χ1v) is 9.42. The summed E-state index contributed by atoms with van der Waals surface area (Å²) in [5, 5.41) is 0. The van der Waals surface area contributed by atoms with Gasteiger partial charge in [0.2, 0.25) is 5.91 Å². The first-order chi connectivity index (χ1) is 11.8. The lowest BCUT2D eigenvalue weighted by molar-refractivity contribution is -0.134. The predicted molar refractivity (Wildman–Crippen MR) is 92.6 cm³/mol. The van der Waals surface area contributed by atoms with Crippen LogP contribution in [0.2, 0.25) is 0 Å². The van der Waals surface area contributed by atoms with Crippen molar-refractivity contribution in [1.29, 1.82) is 0 Å². The number of hydrogen-bond acceptors (Lipinski definition) is 2. The summed E-state index contributed by atoms with van der Waals surface area (Å²) in [6.07, 6.45) is 7.66. The molecule has 1 aromatic carbocycles. The summed E-state index contributed by atoms with van der Waals surface area (Å²) < 4.78 is 0. The van der Waals surface area contributed by atoms with Crippen LogP contribution in [0.4, 0.5) is 0 Å². The number of carbonyl (C=O) groups is 2. The molecule has 3 aliphatic rings. The molecular weight excluding hydrogens is 300 g/mol. The molecule has 2 heterocycles. The fraction of sp³-hybridized carbons (Fsp3) is 0.600. The Bertz CT molecular complexity index is 609. The molecule has 0 unspecified atom stereocenters. The van der Waals surface area contributed by atoms with Gasteiger partial charge in [-0.05, 0) is 50.2 Å². The smallest absolute Gasteiger partial charge is 0.254 e. The maximum Gasteiger partial charge on any atom is 0.254 e. The highest BCUT2D eigenvalue weighted by molar-refractivity contribution is 5.98. The highest BCUT2D eigenvalue weighted by Gasteiger charge is 2.48. The Kier molecular flexibility index (Phi) is 4.30. The summed E-state index contributed by atoms with van der Waals surface area (Å²) in [5.41, 5.74) is 0.711. The van der Waals surface area contributed by atoms with Gasteiger partial charge >= 0.3 is 0 Å². The first kappa shape index (κ1) is 15.7. The second-order valence-electron chi connectivity index (χ2n) is 7.47. The van der Waals surface area contributed by atoms with E-state index in [9.17, 15) is 9.59 Å². The average molecular weight is 326 g/mol. The van der Waals surface area contributed by atoms with Gasteiger partial charge in [-0.25, -0.2) is 0 Å². The molecule has 2 amide bonds. The Morgan fingerprint density at radius 1 is 0.917 bits per heavy atom. The van der Waals surface area contributed by atoms with Crippen molar-refractivity contribution in [2.45, 2.75) is 57.0 Å². The van der Waals surface area contributed by atoms with Crippen molar-refractivity contribution in [1.82, 2.24) is 9.80 Å². The lowest BCUT2D eigenvalue weighted by atomic mass is 9.84. The van der Waals surface area contributed by atoms with Crippen LogP contribution in [0.3, 0.4) is 0 Å². The molecule has 3 fully saturated rings. The molecule has 0 aromatic heterocycles. The van der Waals surface area contributed by atoms with Crippen molar-refractivity contribution in [2.24, 2.45) is 5.92 Å². The van der Waals surface area contributed by atoms with Gasteiger partial charge in [-0.15, -0.1) is 0 Å². The van der Waals surface area contributed by atoms with Crippen molar-refractivity contribution in [3.05, 3.63) is 35.9 Å². The molecule has 24 heavy (non-hydrogen) atoms. The van der Waals surface area contributed by atoms with Crippen LogP contribution in [-0.2, 0) is 4.79 Å². The van der Waals surface area contributed by atoms with E-state index in [1.54, 1.807) is 0 Å². The number of hydrogen-bond donors (Lipinski definition) is 0. The third kappa shape index (κ3) is 2.72. The molecule has 1 saturated carbocycles. The Balaban J connectivity index is 1.63. The van der Waals surface area contributed by atoms with E-state index in [0.717, 1.165) is 45.2 Å². The molecular formula is C20H26N2O2. The van der Waals surface area contributed by atoms with E-state index in [4.69, 9.17) is 0 Å². The fourth-order valence-electron chi connectivity index (χ4n) is 4.85. The number of rotatable bonds is 2. The standard InChI is InChI=1S/C20H26N2O2/c23-19(15-8-2-1-3-9-15)22-17-11-5-4-10-16(17)14-18(22)20(24)21-12-6-7-13-21/h1-3,8-9,16-18H,4-7,10-14H2/t16-,17-,18-/m0/s1. The van der Waals surface area contributed by atoms with Gasteiger partial charge in [0.05, 0.1) is 0 Å². The second kappa shape index (κ2) is 6.58. The molecule has 4 rings (SSSR count). The molecule has 2 aliphatic heterocycles. The maximum absolute atomic E-state index is 13.2. The van der Waals surface area contributed by atoms with Crippen LogP contribution in [0.5, 0.6) is 0 Å². The van der Waals surface area contributed by atoms with Gasteiger partial charge in [-0.2, -0.15) is 0 Å². The number of likely N-dealkylation sites (tertiary alicyclic amines) is 2. The summed E-state index contributed by atoms with van der Waals surface area (Å²) in [5.74, 6) is 0.733. The Morgan fingerprint density at radius 3 is 2.38 bits per heavy atom. The van der Waals surface area contributed by atoms with E-state index in [1.807, 2.05) is 40.1 Å². The van der Waals surface area contributed by atoms with Gasteiger partial charge in [0.1, 0.15) is 6.04 Å². The Hall–Kier alpha value is -1.84. The number of fused-ring (bicyclic) bond motifs is 1. The van der Waals surface area contributed by atoms with Crippen molar-refractivity contribution in [3.8, 4) is 0 Å². The molecule has 3 atom stereocenters. The van der Waals surface area contributed by atoms with Crippen molar-refractivity contribution in [3.63, 3.8) is 0 Å². The van der Waals surface area contributed by atoms with E-state index in [0.29, 0.717) is 11.5 Å². The molecule has 4 nitrogen and oxygen atoms in total. The molecule has 0 radical (unpaired) electrons. The average Bonchev–Trinajstić information content (AvgIpc) is 3.29. The molecule has 2 saturated heterocycles. The van der Waals surface area contributed by atoms with Gasteiger partial charge in [0.25, 0.3) is 5.91 Å². The van der Waals surface area contributed by atoms with E-state index >= 15 is 0 Å². The SMILES string of the molecule is O=C([C@@H]1C[C@@H]2CCCC[C@@H]2N1C(=O)c1ccccc1)N1CCCC1.